The van der Waals surface area contributed by atoms with E-state index in [1.54, 1.807) is 10.9 Å². The van der Waals surface area contributed by atoms with Crippen LogP contribution in [0.2, 0.25) is 10.0 Å². The first kappa shape index (κ1) is 14.3. The molecule has 0 radical (unpaired) electrons. The number of aryl methyl sites for hydroxylation is 1. The van der Waals surface area contributed by atoms with Crippen LogP contribution >= 0.6 is 23.2 Å². The van der Waals surface area contributed by atoms with Crippen LogP contribution in [0.5, 0.6) is 0 Å². The third-order valence-corrected chi connectivity index (χ3v) is 3.72. The van der Waals surface area contributed by atoms with Crippen molar-refractivity contribution in [3.63, 3.8) is 0 Å². The van der Waals surface area contributed by atoms with Gasteiger partial charge < -0.3 is 5.32 Å². The normalized spacial score (nSPS) is 12.6. The minimum absolute atomic E-state index is 0.155. The molecule has 2 aromatic rings. The fraction of sp³-hybridized carbons (Fsp3) is 0.385. The van der Waals surface area contributed by atoms with Crippen LogP contribution in [-0.4, -0.2) is 21.5 Å². The fourth-order valence-corrected chi connectivity index (χ4v) is 2.36. The lowest BCUT2D eigenvalue weighted by Gasteiger charge is -2.17. The highest BCUT2D eigenvalue weighted by atomic mass is 35.5. The standard InChI is InChI=1S/C13H16Cl2N4/c1-3-16-12(13-8-17-18-19(13)2)7-9-4-5-10(14)11(15)6-9/h4-6,8,12,16H,3,7H2,1-2H3. The fourth-order valence-electron chi connectivity index (χ4n) is 2.04. The number of nitrogens with zero attached hydrogens (tertiary/aromatic N) is 3. The number of likely N-dealkylation sites (N-methyl/N-ethyl adjacent to an activating group) is 1. The topological polar surface area (TPSA) is 42.7 Å². The van der Waals surface area contributed by atoms with E-state index in [4.69, 9.17) is 23.2 Å². The monoisotopic (exact) mass is 298 g/mol. The molecule has 6 heteroatoms. The van der Waals surface area contributed by atoms with Crippen LogP contribution in [0.3, 0.4) is 0 Å². The molecule has 0 spiro atoms. The maximum atomic E-state index is 6.05. The molecule has 1 heterocycles. The highest BCUT2D eigenvalue weighted by Gasteiger charge is 2.15. The highest BCUT2D eigenvalue weighted by molar-refractivity contribution is 6.42. The van der Waals surface area contributed by atoms with Crippen LogP contribution in [0, 0.1) is 0 Å². The van der Waals surface area contributed by atoms with E-state index in [1.807, 2.05) is 25.2 Å². The van der Waals surface area contributed by atoms with E-state index in [-0.39, 0.29) is 6.04 Å². The first-order valence-corrected chi connectivity index (χ1v) is 6.89. The molecule has 1 atom stereocenters. The van der Waals surface area contributed by atoms with Gasteiger partial charge in [-0.1, -0.05) is 41.4 Å². The number of hydrogen-bond donors (Lipinski definition) is 1. The predicted molar refractivity (Wildman–Crippen MR) is 77.6 cm³/mol. The maximum Gasteiger partial charge on any atom is 0.0756 e. The molecule has 0 bridgehead atoms. The number of hydrogen-bond acceptors (Lipinski definition) is 3. The summed E-state index contributed by atoms with van der Waals surface area (Å²) in [6, 6.07) is 5.87. The van der Waals surface area contributed by atoms with Crippen LogP contribution in [-0.2, 0) is 13.5 Å². The quantitative estimate of drug-likeness (QED) is 0.923. The Kier molecular flexibility index (Phi) is 4.80. The molecule has 2 rings (SSSR count). The number of rotatable bonds is 5. The summed E-state index contributed by atoms with van der Waals surface area (Å²) < 4.78 is 1.78. The Morgan fingerprint density at radius 2 is 2.11 bits per heavy atom. The minimum atomic E-state index is 0.155. The summed E-state index contributed by atoms with van der Waals surface area (Å²) in [6.45, 7) is 2.95. The summed E-state index contributed by atoms with van der Waals surface area (Å²) in [4.78, 5) is 0. The molecule has 1 N–H and O–H groups in total. The van der Waals surface area contributed by atoms with Crippen molar-refractivity contribution in [3.8, 4) is 0 Å². The molecule has 102 valence electrons. The van der Waals surface area contributed by atoms with Gasteiger partial charge in [-0.2, -0.15) is 0 Å². The lowest BCUT2D eigenvalue weighted by Crippen LogP contribution is -2.25. The van der Waals surface area contributed by atoms with Crippen molar-refractivity contribution in [2.45, 2.75) is 19.4 Å². The van der Waals surface area contributed by atoms with Crippen molar-refractivity contribution in [2.24, 2.45) is 7.05 Å². The summed E-state index contributed by atoms with van der Waals surface area (Å²) in [5.41, 5.74) is 2.18. The molecule has 0 aliphatic heterocycles. The molecule has 1 aromatic carbocycles. The van der Waals surface area contributed by atoms with Crippen molar-refractivity contribution in [2.75, 3.05) is 6.54 Å². The van der Waals surface area contributed by atoms with Gasteiger partial charge in [-0.05, 0) is 30.7 Å². The van der Waals surface area contributed by atoms with Crippen LogP contribution in [0.25, 0.3) is 0 Å². The van der Waals surface area contributed by atoms with Crippen LogP contribution in [0.1, 0.15) is 24.2 Å². The third-order valence-electron chi connectivity index (χ3n) is 2.98. The van der Waals surface area contributed by atoms with Crippen LogP contribution in [0.15, 0.2) is 24.4 Å². The highest BCUT2D eigenvalue weighted by Crippen LogP contribution is 2.25. The number of halogens is 2. The average molecular weight is 299 g/mol. The van der Waals surface area contributed by atoms with Crippen LogP contribution in [0.4, 0.5) is 0 Å². The molecule has 0 fully saturated rings. The summed E-state index contributed by atoms with van der Waals surface area (Å²) in [5.74, 6) is 0. The minimum Gasteiger partial charge on any atom is -0.309 e. The average Bonchev–Trinajstić information content (AvgIpc) is 2.79. The lowest BCUT2D eigenvalue weighted by atomic mass is 10.0. The van der Waals surface area contributed by atoms with E-state index in [9.17, 15) is 0 Å². The molecule has 19 heavy (non-hydrogen) atoms. The van der Waals surface area contributed by atoms with Crippen molar-refractivity contribution >= 4 is 23.2 Å². The second kappa shape index (κ2) is 6.37. The van der Waals surface area contributed by atoms with E-state index < -0.39 is 0 Å². The van der Waals surface area contributed by atoms with Gasteiger partial charge in [0.2, 0.25) is 0 Å². The van der Waals surface area contributed by atoms with Crippen molar-refractivity contribution < 1.29 is 0 Å². The van der Waals surface area contributed by atoms with Gasteiger partial charge in [0.15, 0.2) is 0 Å². The zero-order valence-electron chi connectivity index (χ0n) is 10.9. The first-order valence-electron chi connectivity index (χ1n) is 6.13. The molecule has 4 nitrogen and oxygen atoms in total. The number of nitrogens with one attached hydrogen (secondary N) is 1. The molecule has 0 saturated carbocycles. The Morgan fingerprint density at radius 3 is 2.68 bits per heavy atom. The molecule has 0 aliphatic rings. The summed E-state index contributed by atoms with van der Waals surface area (Å²) in [7, 11) is 1.89. The van der Waals surface area contributed by atoms with E-state index in [0.717, 1.165) is 24.2 Å². The van der Waals surface area contributed by atoms with E-state index in [0.29, 0.717) is 10.0 Å². The van der Waals surface area contributed by atoms with Gasteiger partial charge in [0.05, 0.1) is 28.0 Å². The molecule has 0 amide bonds. The van der Waals surface area contributed by atoms with Gasteiger partial charge in [0.25, 0.3) is 0 Å². The van der Waals surface area contributed by atoms with Crippen LogP contribution < -0.4 is 5.32 Å². The van der Waals surface area contributed by atoms with E-state index in [1.165, 1.54) is 0 Å². The SMILES string of the molecule is CCNC(Cc1ccc(Cl)c(Cl)c1)c1cnnn1C. The zero-order chi connectivity index (χ0) is 13.8. The first-order chi connectivity index (χ1) is 9.11. The summed E-state index contributed by atoms with van der Waals surface area (Å²) >= 11 is 12.0. The molecular weight excluding hydrogens is 283 g/mol. The second-order valence-corrected chi connectivity index (χ2v) is 5.16. The number of aromatic nitrogens is 3. The van der Waals surface area contributed by atoms with Crippen molar-refractivity contribution in [1.82, 2.24) is 20.3 Å². The lowest BCUT2D eigenvalue weighted by molar-refractivity contribution is 0.506. The molecule has 0 aliphatic carbocycles. The molecule has 1 unspecified atom stereocenters. The van der Waals surface area contributed by atoms with E-state index in [2.05, 4.69) is 22.6 Å². The second-order valence-electron chi connectivity index (χ2n) is 4.35. The Labute approximate surface area is 122 Å². The largest absolute Gasteiger partial charge is 0.309 e. The number of benzene rings is 1. The Hall–Kier alpha value is -1.10. The summed E-state index contributed by atoms with van der Waals surface area (Å²) in [5, 5.41) is 12.5. The summed E-state index contributed by atoms with van der Waals surface area (Å²) in [6.07, 6.45) is 2.59. The molecule has 0 saturated heterocycles. The predicted octanol–water partition coefficient (Wildman–Crippen LogP) is 3.02. The zero-order valence-corrected chi connectivity index (χ0v) is 12.4. The van der Waals surface area contributed by atoms with E-state index >= 15 is 0 Å². The van der Waals surface area contributed by atoms with Gasteiger partial charge in [0.1, 0.15) is 0 Å². The van der Waals surface area contributed by atoms with Gasteiger partial charge >= 0.3 is 0 Å². The van der Waals surface area contributed by atoms with Gasteiger partial charge in [-0.25, -0.2) is 0 Å². The third kappa shape index (κ3) is 3.47. The van der Waals surface area contributed by atoms with Gasteiger partial charge in [-0.3, -0.25) is 4.68 Å². The smallest absolute Gasteiger partial charge is 0.0756 e. The van der Waals surface area contributed by atoms with Crippen molar-refractivity contribution in [3.05, 3.63) is 45.7 Å². The van der Waals surface area contributed by atoms with Gasteiger partial charge in [0, 0.05) is 7.05 Å². The van der Waals surface area contributed by atoms with Crippen molar-refractivity contribution in [1.29, 1.82) is 0 Å². The Bertz CT molecular complexity index is 553. The molecular formula is C13H16Cl2N4. The molecule has 1 aromatic heterocycles. The Morgan fingerprint density at radius 1 is 1.32 bits per heavy atom. The Balaban J connectivity index is 2.21. The van der Waals surface area contributed by atoms with Gasteiger partial charge in [-0.15, -0.1) is 5.10 Å². The maximum absolute atomic E-state index is 6.05.